The Balaban J connectivity index is 1.47. The summed E-state index contributed by atoms with van der Waals surface area (Å²) in [7, 11) is 0. The van der Waals surface area contributed by atoms with Gasteiger partial charge >= 0.3 is 0 Å². The Labute approximate surface area is 189 Å². The molecule has 4 aromatic rings. The highest BCUT2D eigenvalue weighted by molar-refractivity contribution is 9.10. The van der Waals surface area contributed by atoms with Crippen molar-refractivity contribution in [2.75, 3.05) is 31.1 Å². The van der Waals surface area contributed by atoms with Gasteiger partial charge in [0.2, 0.25) is 0 Å². The molecular formula is C25H21BrN4O. The van der Waals surface area contributed by atoms with E-state index in [-0.39, 0.29) is 5.91 Å². The van der Waals surface area contributed by atoms with Gasteiger partial charge in [0, 0.05) is 47.9 Å². The van der Waals surface area contributed by atoms with Crippen LogP contribution in [-0.4, -0.2) is 47.0 Å². The molecule has 3 heterocycles. The second-order valence-corrected chi connectivity index (χ2v) is 8.46. The molecule has 1 aliphatic rings. The largest absolute Gasteiger partial charge is 0.368 e. The number of carbonyl (C=O) groups excluding carboxylic acids is 1. The summed E-state index contributed by atoms with van der Waals surface area (Å²) in [6.45, 7) is 3.00. The molecule has 0 atom stereocenters. The normalized spacial score (nSPS) is 14.1. The van der Waals surface area contributed by atoms with E-state index in [2.05, 4.69) is 37.9 Å². The van der Waals surface area contributed by atoms with Gasteiger partial charge in [-0.1, -0.05) is 40.2 Å². The maximum atomic E-state index is 13.6. The molecule has 31 heavy (non-hydrogen) atoms. The van der Waals surface area contributed by atoms with E-state index in [1.807, 2.05) is 65.6 Å². The Hall–Kier alpha value is -3.25. The maximum Gasteiger partial charge on any atom is 0.254 e. The molecule has 0 radical (unpaired) electrons. The molecule has 0 bridgehead atoms. The number of anilines is 1. The standard InChI is InChI=1S/C25H21BrN4O/c26-18-9-10-22-20(16-18)21(17-24(28-22)23-8-4-5-11-27-23)25(31)30-14-12-29(13-15-30)19-6-2-1-3-7-19/h1-11,16-17H,12-15H2. The summed E-state index contributed by atoms with van der Waals surface area (Å²) in [6.07, 6.45) is 1.74. The van der Waals surface area contributed by atoms with Gasteiger partial charge in [0.1, 0.15) is 0 Å². The van der Waals surface area contributed by atoms with E-state index in [0.29, 0.717) is 24.3 Å². The van der Waals surface area contributed by atoms with E-state index < -0.39 is 0 Å². The Bertz CT molecular complexity index is 1220. The minimum absolute atomic E-state index is 0.0374. The highest BCUT2D eigenvalue weighted by Gasteiger charge is 2.24. The lowest BCUT2D eigenvalue weighted by atomic mass is 10.0. The van der Waals surface area contributed by atoms with E-state index in [0.717, 1.165) is 34.2 Å². The zero-order valence-electron chi connectivity index (χ0n) is 16.9. The van der Waals surface area contributed by atoms with E-state index in [9.17, 15) is 4.79 Å². The van der Waals surface area contributed by atoms with Crippen molar-refractivity contribution in [1.82, 2.24) is 14.9 Å². The zero-order chi connectivity index (χ0) is 21.2. The van der Waals surface area contributed by atoms with Gasteiger partial charge < -0.3 is 9.80 Å². The number of halogens is 1. The third-order valence-corrected chi connectivity index (χ3v) is 6.11. The number of carbonyl (C=O) groups is 1. The van der Waals surface area contributed by atoms with Gasteiger partial charge in [-0.25, -0.2) is 4.98 Å². The van der Waals surface area contributed by atoms with Crippen molar-refractivity contribution in [2.45, 2.75) is 0 Å². The Morgan fingerprint density at radius 1 is 0.839 bits per heavy atom. The summed E-state index contributed by atoms with van der Waals surface area (Å²) in [5.74, 6) is 0.0374. The van der Waals surface area contributed by atoms with Crippen LogP contribution in [0.1, 0.15) is 10.4 Å². The molecule has 5 rings (SSSR count). The highest BCUT2D eigenvalue weighted by atomic mass is 79.9. The van der Waals surface area contributed by atoms with Crippen LogP contribution in [0.15, 0.2) is 83.5 Å². The monoisotopic (exact) mass is 472 g/mol. The molecule has 0 N–H and O–H groups in total. The molecule has 1 amide bonds. The minimum atomic E-state index is 0.0374. The predicted octanol–water partition coefficient (Wildman–Crippen LogP) is 5.02. The lowest BCUT2D eigenvalue weighted by molar-refractivity contribution is 0.0748. The number of para-hydroxylation sites is 1. The fourth-order valence-corrected chi connectivity index (χ4v) is 4.36. The number of benzene rings is 2. The Morgan fingerprint density at radius 3 is 2.35 bits per heavy atom. The van der Waals surface area contributed by atoms with Crippen molar-refractivity contribution in [3.05, 3.63) is 89.0 Å². The van der Waals surface area contributed by atoms with Crippen LogP contribution in [0.5, 0.6) is 0 Å². The van der Waals surface area contributed by atoms with Gasteiger partial charge in [0.25, 0.3) is 5.91 Å². The molecule has 2 aromatic carbocycles. The lowest BCUT2D eigenvalue weighted by Gasteiger charge is -2.36. The van der Waals surface area contributed by atoms with Crippen molar-refractivity contribution in [3.8, 4) is 11.4 Å². The zero-order valence-corrected chi connectivity index (χ0v) is 18.5. The lowest BCUT2D eigenvalue weighted by Crippen LogP contribution is -2.48. The molecule has 0 unspecified atom stereocenters. The topological polar surface area (TPSA) is 49.3 Å². The van der Waals surface area contributed by atoms with E-state index in [1.54, 1.807) is 6.20 Å². The average Bonchev–Trinajstić information content (AvgIpc) is 2.84. The molecule has 0 spiro atoms. The first-order valence-corrected chi connectivity index (χ1v) is 11.1. The van der Waals surface area contributed by atoms with Crippen molar-refractivity contribution in [3.63, 3.8) is 0 Å². The number of nitrogens with zero attached hydrogens (tertiary/aromatic N) is 4. The SMILES string of the molecule is O=C(c1cc(-c2ccccn2)nc2ccc(Br)cc12)N1CCN(c2ccccc2)CC1. The van der Waals surface area contributed by atoms with Gasteiger partial charge in [0.15, 0.2) is 0 Å². The molecule has 0 saturated carbocycles. The molecule has 0 aliphatic carbocycles. The predicted molar refractivity (Wildman–Crippen MR) is 127 cm³/mol. The summed E-state index contributed by atoms with van der Waals surface area (Å²) in [5.41, 5.74) is 4.13. The van der Waals surface area contributed by atoms with Crippen LogP contribution in [0.2, 0.25) is 0 Å². The van der Waals surface area contributed by atoms with Crippen molar-refractivity contribution in [2.24, 2.45) is 0 Å². The number of amides is 1. The smallest absolute Gasteiger partial charge is 0.254 e. The van der Waals surface area contributed by atoms with Gasteiger partial charge in [-0.15, -0.1) is 0 Å². The van der Waals surface area contributed by atoms with Crippen molar-refractivity contribution >= 4 is 38.4 Å². The number of fused-ring (bicyclic) bond motifs is 1. The number of hydrogen-bond donors (Lipinski definition) is 0. The maximum absolute atomic E-state index is 13.6. The van der Waals surface area contributed by atoms with E-state index in [4.69, 9.17) is 4.98 Å². The van der Waals surface area contributed by atoms with E-state index >= 15 is 0 Å². The quantitative estimate of drug-likeness (QED) is 0.419. The number of rotatable bonds is 3. The molecule has 5 nitrogen and oxygen atoms in total. The van der Waals surface area contributed by atoms with Crippen LogP contribution >= 0.6 is 15.9 Å². The average molecular weight is 473 g/mol. The number of pyridine rings is 2. The summed E-state index contributed by atoms with van der Waals surface area (Å²) in [6, 6.07) is 23.8. The first-order chi connectivity index (χ1) is 15.2. The first kappa shape index (κ1) is 19.7. The Kier molecular flexibility index (Phi) is 5.38. The third kappa shape index (κ3) is 4.03. The Morgan fingerprint density at radius 2 is 1.61 bits per heavy atom. The van der Waals surface area contributed by atoms with E-state index in [1.165, 1.54) is 5.69 Å². The van der Waals surface area contributed by atoms with Gasteiger partial charge in [0.05, 0.1) is 22.5 Å². The van der Waals surface area contributed by atoms with Crippen LogP contribution < -0.4 is 4.90 Å². The summed E-state index contributed by atoms with van der Waals surface area (Å²) in [5, 5.41) is 0.851. The van der Waals surface area contributed by atoms with Crippen molar-refractivity contribution in [1.29, 1.82) is 0 Å². The fraction of sp³-hybridized carbons (Fsp3) is 0.160. The second kappa shape index (κ2) is 8.47. The number of piperazine rings is 1. The summed E-state index contributed by atoms with van der Waals surface area (Å²) in [4.78, 5) is 27.1. The minimum Gasteiger partial charge on any atom is -0.368 e. The van der Waals surface area contributed by atoms with Gasteiger partial charge in [-0.2, -0.15) is 0 Å². The van der Waals surface area contributed by atoms with Crippen LogP contribution in [-0.2, 0) is 0 Å². The molecule has 2 aromatic heterocycles. The molecule has 1 fully saturated rings. The summed E-state index contributed by atoms with van der Waals surface area (Å²) < 4.78 is 0.926. The molecule has 154 valence electrons. The molecule has 1 aliphatic heterocycles. The fourth-order valence-electron chi connectivity index (χ4n) is 4.00. The number of aromatic nitrogens is 2. The molecule has 1 saturated heterocycles. The molecular weight excluding hydrogens is 452 g/mol. The highest BCUT2D eigenvalue weighted by Crippen LogP contribution is 2.28. The van der Waals surface area contributed by atoms with Gasteiger partial charge in [-0.05, 0) is 48.5 Å². The first-order valence-electron chi connectivity index (χ1n) is 10.3. The van der Waals surface area contributed by atoms with Crippen LogP contribution in [0.4, 0.5) is 5.69 Å². The summed E-state index contributed by atoms with van der Waals surface area (Å²) >= 11 is 3.54. The van der Waals surface area contributed by atoms with Crippen LogP contribution in [0.25, 0.3) is 22.3 Å². The van der Waals surface area contributed by atoms with Crippen molar-refractivity contribution < 1.29 is 4.79 Å². The third-order valence-electron chi connectivity index (χ3n) is 5.62. The number of hydrogen-bond acceptors (Lipinski definition) is 4. The van der Waals surface area contributed by atoms with Crippen LogP contribution in [0.3, 0.4) is 0 Å². The molecule has 6 heteroatoms. The van der Waals surface area contributed by atoms with Gasteiger partial charge in [-0.3, -0.25) is 9.78 Å². The van der Waals surface area contributed by atoms with Crippen LogP contribution in [0, 0.1) is 0 Å². The second-order valence-electron chi connectivity index (χ2n) is 7.55.